The largest absolute Gasteiger partial charge is 0.376 e. The number of amides is 2. The van der Waals surface area contributed by atoms with Crippen molar-refractivity contribution in [2.75, 3.05) is 23.0 Å². The van der Waals surface area contributed by atoms with Crippen molar-refractivity contribution in [2.45, 2.75) is 18.5 Å². The van der Waals surface area contributed by atoms with Crippen LogP contribution in [0.25, 0.3) is 4.85 Å². The smallest absolute Gasteiger partial charge is 0.330 e. The lowest BCUT2D eigenvalue weighted by Gasteiger charge is -2.47. The van der Waals surface area contributed by atoms with Gasteiger partial charge in [-0.3, -0.25) is 9.80 Å². The molecule has 5 rings (SSSR count). The average molecular weight is 420 g/mol. The normalized spacial score (nSPS) is 18.8. The minimum absolute atomic E-state index is 0.153. The van der Waals surface area contributed by atoms with Crippen molar-refractivity contribution in [3.63, 3.8) is 0 Å². The van der Waals surface area contributed by atoms with Crippen molar-refractivity contribution in [3.05, 3.63) is 101 Å². The summed E-state index contributed by atoms with van der Waals surface area (Å²) >= 11 is 0. The monoisotopic (exact) mass is 420 g/mol. The van der Waals surface area contributed by atoms with Crippen molar-refractivity contribution < 1.29 is 9.53 Å². The molecule has 6 heteroatoms. The topological polar surface area (TPSA) is 60.9 Å². The van der Waals surface area contributed by atoms with Gasteiger partial charge >= 0.3 is 6.03 Å². The minimum Gasteiger partial charge on any atom is -0.376 e. The Morgan fingerprint density at radius 3 is 2.34 bits per heavy atom. The van der Waals surface area contributed by atoms with E-state index in [1.54, 1.807) is 23.1 Å². The van der Waals surface area contributed by atoms with E-state index in [4.69, 9.17) is 11.3 Å². The van der Waals surface area contributed by atoms with Gasteiger partial charge in [-0.15, -0.1) is 0 Å². The number of carbonyl (C=O) groups is 1. The molecule has 2 aliphatic heterocycles. The highest BCUT2D eigenvalue weighted by Crippen LogP contribution is 2.51. The van der Waals surface area contributed by atoms with Gasteiger partial charge in [0.05, 0.1) is 37.5 Å². The maximum absolute atomic E-state index is 14.0. The lowest BCUT2D eigenvalue weighted by Crippen LogP contribution is -2.62. The molecule has 32 heavy (non-hydrogen) atoms. The molecule has 3 aromatic rings. The first kappa shape index (κ1) is 19.8. The quantitative estimate of drug-likeness (QED) is 0.535. The predicted molar refractivity (Wildman–Crippen MR) is 122 cm³/mol. The number of anilines is 2. The molecule has 0 bridgehead atoms. The van der Waals surface area contributed by atoms with Crippen LogP contribution in [0.4, 0.5) is 21.9 Å². The predicted octanol–water partition coefficient (Wildman–Crippen LogP) is 5.37. The van der Waals surface area contributed by atoms with E-state index in [1.165, 1.54) is 0 Å². The van der Waals surface area contributed by atoms with Gasteiger partial charge in [0.2, 0.25) is 0 Å². The van der Waals surface area contributed by atoms with Crippen molar-refractivity contribution in [1.29, 1.82) is 5.26 Å². The van der Waals surface area contributed by atoms with Gasteiger partial charge in [0, 0.05) is 11.4 Å². The van der Waals surface area contributed by atoms with E-state index in [0.717, 1.165) is 22.5 Å². The van der Waals surface area contributed by atoms with Gasteiger partial charge in [0.25, 0.3) is 0 Å². The first-order chi connectivity index (χ1) is 15.6. The summed E-state index contributed by atoms with van der Waals surface area (Å²) in [5, 5.41) is 9.18. The summed E-state index contributed by atoms with van der Waals surface area (Å²) in [6, 6.07) is 24.0. The number of aryl methyl sites for hydroxylation is 1. The van der Waals surface area contributed by atoms with E-state index in [9.17, 15) is 10.1 Å². The van der Waals surface area contributed by atoms with E-state index >= 15 is 0 Å². The summed E-state index contributed by atoms with van der Waals surface area (Å²) in [4.78, 5) is 21.2. The molecule has 0 N–H and O–H groups in total. The Labute approximate surface area is 186 Å². The molecular weight excluding hydrogens is 400 g/mol. The molecule has 2 fully saturated rings. The van der Waals surface area contributed by atoms with E-state index in [2.05, 4.69) is 10.9 Å². The van der Waals surface area contributed by atoms with Gasteiger partial charge in [-0.05, 0) is 48.9 Å². The molecule has 1 spiro atoms. The second kappa shape index (κ2) is 7.53. The Morgan fingerprint density at radius 1 is 1.06 bits per heavy atom. The molecule has 0 aliphatic carbocycles. The fourth-order valence-corrected chi connectivity index (χ4v) is 4.61. The number of hydrogen-bond donors (Lipinski definition) is 0. The summed E-state index contributed by atoms with van der Waals surface area (Å²) < 4.78 is 5.68. The van der Waals surface area contributed by atoms with Crippen LogP contribution in [0.2, 0.25) is 0 Å². The van der Waals surface area contributed by atoms with Gasteiger partial charge < -0.3 is 4.74 Å². The maximum Gasteiger partial charge on any atom is 0.330 e. The Balaban J connectivity index is 1.70. The number of urea groups is 1. The Kier molecular flexibility index (Phi) is 4.66. The van der Waals surface area contributed by atoms with Crippen LogP contribution in [-0.2, 0) is 4.74 Å². The molecule has 1 atom stereocenters. The van der Waals surface area contributed by atoms with E-state index in [1.807, 2.05) is 66.4 Å². The Morgan fingerprint density at radius 2 is 1.75 bits per heavy atom. The molecule has 156 valence electrons. The summed E-state index contributed by atoms with van der Waals surface area (Å²) in [5.41, 5.74) is 3.97. The van der Waals surface area contributed by atoms with Crippen LogP contribution in [0.15, 0.2) is 72.8 Å². The van der Waals surface area contributed by atoms with Crippen LogP contribution < -0.4 is 9.80 Å². The van der Waals surface area contributed by atoms with Crippen molar-refractivity contribution in [3.8, 4) is 6.07 Å². The Hall–Kier alpha value is -4.13. The third kappa shape index (κ3) is 2.93. The van der Waals surface area contributed by atoms with Gasteiger partial charge in [0.1, 0.15) is 5.54 Å². The molecule has 0 saturated carbocycles. The highest BCUT2D eigenvalue weighted by molar-refractivity contribution is 6.09. The lowest BCUT2D eigenvalue weighted by atomic mass is 9.82. The molecule has 0 unspecified atom stereocenters. The van der Waals surface area contributed by atoms with Gasteiger partial charge in [0.15, 0.2) is 5.69 Å². The Bertz CT molecular complexity index is 1260. The zero-order valence-corrected chi connectivity index (χ0v) is 17.5. The summed E-state index contributed by atoms with van der Waals surface area (Å²) in [7, 11) is 0. The molecule has 2 aliphatic rings. The number of ether oxygens (including phenoxy) is 1. The van der Waals surface area contributed by atoms with Crippen LogP contribution in [0.5, 0.6) is 0 Å². The van der Waals surface area contributed by atoms with Crippen LogP contribution in [0, 0.1) is 24.8 Å². The molecule has 2 amide bonds. The van der Waals surface area contributed by atoms with Gasteiger partial charge in [-0.25, -0.2) is 9.64 Å². The molecule has 2 heterocycles. The molecule has 0 radical (unpaired) electrons. The number of nitriles is 1. The van der Waals surface area contributed by atoms with Crippen LogP contribution >= 0.6 is 0 Å². The highest BCUT2D eigenvalue weighted by atomic mass is 16.5. The van der Waals surface area contributed by atoms with E-state index < -0.39 is 5.54 Å². The highest BCUT2D eigenvalue weighted by Gasteiger charge is 2.62. The number of hydrogen-bond acceptors (Lipinski definition) is 3. The summed E-state index contributed by atoms with van der Waals surface area (Å²) in [6.07, 6.45) is 0. The summed E-state index contributed by atoms with van der Waals surface area (Å²) in [6.45, 7) is 10.2. The number of rotatable bonds is 3. The third-order valence-corrected chi connectivity index (χ3v) is 6.20. The standard InChI is InChI=1S/C26H20N4O2/c1-18-6-10-22(11-7-18)29-24(20-4-3-5-21(14-20)28-2)26(16-32-17-26)30(25(29)31)23-12-8-19(15-27)9-13-23/h3-14,24H,16-17H2,1H3/t24-/m0/s1. The number of nitrogens with zero attached hydrogens (tertiary/aromatic N) is 4. The second-order valence-corrected chi connectivity index (χ2v) is 8.19. The maximum atomic E-state index is 14.0. The first-order valence-electron chi connectivity index (χ1n) is 10.3. The van der Waals surface area contributed by atoms with Crippen LogP contribution in [0.1, 0.15) is 22.7 Å². The number of carbonyl (C=O) groups excluding carboxylic acids is 1. The van der Waals surface area contributed by atoms with Crippen molar-refractivity contribution in [1.82, 2.24) is 0 Å². The number of benzene rings is 3. The minimum atomic E-state index is -0.614. The van der Waals surface area contributed by atoms with Crippen LogP contribution in [0.3, 0.4) is 0 Å². The molecule has 3 aromatic carbocycles. The van der Waals surface area contributed by atoms with Crippen molar-refractivity contribution in [2.24, 2.45) is 0 Å². The van der Waals surface area contributed by atoms with E-state index in [0.29, 0.717) is 24.5 Å². The zero-order valence-electron chi connectivity index (χ0n) is 17.5. The first-order valence-corrected chi connectivity index (χ1v) is 10.3. The fraction of sp³-hybridized carbons (Fsp3) is 0.192. The molecule has 0 aromatic heterocycles. The molecular formula is C26H20N4O2. The van der Waals surface area contributed by atoms with Gasteiger partial charge in [-0.1, -0.05) is 42.0 Å². The fourth-order valence-electron chi connectivity index (χ4n) is 4.61. The summed E-state index contributed by atoms with van der Waals surface area (Å²) in [5.74, 6) is 0. The third-order valence-electron chi connectivity index (χ3n) is 6.20. The lowest BCUT2D eigenvalue weighted by molar-refractivity contribution is -0.0579. The SMILES string of the molecule is [C-]#[N+]c1cccc([C@@H]2N(c3ccc(C)cc3)C(=O)N(c3ccc(C#N)cc3)C23COC3)c1. The van der Waals surface area contributed by atoms with Crippen LogP contribution in [-0.4, -0.2) is 24.8 Å². The zero-order chi connectivity index (χ0) is 22.3. The molecule has 6 nitrogen and oxygen atoms in total. The average Bonchev–Trinajstić information content (AvgIpc) is 3.09. The van der Waals surface area contributed by atoms with Crippen molar-refractivity contribution >= 4 is 23.1 Å². The van der Waals surface area contributed by atoms with Gasteiger partial charge in [-0.2, -0.15) is 5.26 Å². The van der Waals surface area contributed by atoms with E-state index in [-0.39, 0.29) is 12.1 Å². The molecule has 2 saturated heterocycles. The second-order valence-electron chi connectivity index (χ2n) is 8.19.